The molecule has 0 aromatic heterocycles. The summed E-state index contributed by atoms with van der Waals surface area (Å²) >= 11 is 6.06. The maximum absolute atomic E-state index is 13.1. The Morgan fingerprint density at radius 3 is 3.00 bits per heavy atom. The largest absolute Gasteiger partial charge is 0.465 e. The van der Waals surface area contributed by atoms with Crippen LogP contribution in [0.5, 0.6) is 0 Å². The summed E-state index contributed by atoms with van der Waals surface area (Å²) in [5.41, 5.74) is -0.0259. The topological polar surface area (TPSA) is 55.8 Å². The smallest absolute Gasteiger partial charge is 0.312 e. The van der Waals surface area contributed by atoms with Gasteiger partial charge in [-0.2, -0.15) is 0 Å². The van der Waals surface area contributed by atoms with Crippen molar-refractivity contribution >= 4 is 29.2 Å². The lowest BCUT2D eigenvalue weighted by molar-refractivity contribution is -0.153. The third kappa shape index (κ3) is 2.57. The van der Waals surface area contributed by atoms with E-state index < -0.39 is 17.4 Å². The monoisotopic (exact) mass is 361 g/mol. The number of ether oxygens (including phenoxy) is 2. The van der Waals surface area contributed by atoms with Crippen LogP contribution in [0.1, 0.15) is 13.8 Å². The predicted octanol–water partition coefficient (Wildman–Crippen LogP) is 2.83. The maximum Gasteiger partial charge on any atom is 0.312 e. The molecule has 3 aliphatic heterocycles. The Labute approximate surface area is 151 Å². The molecule has 3 heterocycles. The standard InChI is InChI=1S/C19H20ClNO4/c1-11(2)9-24-18(23)15-14-6-7-19(25-14)10-21(17(22)16(15)19)13-5-3-4-12(20)8-13/h3-8,11,14-16H,9-10H2,1-2H3/t14-,15+,16-,19+/m0/s1. The van der Waals surface area contributed by atoms with Crippen molar-refractivity contribution in [1.82, 2.24) is 0 Å². The molecule has 2 saturated heterocycles. The molecule has 0 aliphatic carbocycles. The third-order valence-electron chi connectivity index (χ3n) is 5.05. The zero-order valence-corrected chi connectivity index (χ0v) is 14.9. The Bertz CT molecular complexity index is 762. The van der Waals surface area contributed by atoms with E-state index in [4.69, 9.17) is 21.1 Å². The number of hydrogen-bond donors (Lipinski definition) is 0. The van der Waals surface area contributed by atoms with Gasteiger partial charge < -0.3 is 14.4 Å². The first-order chi connectivity index (χ1) is 11.9. The molecule has 0 radical (unpaired) electrons. The van der Waals surface area contributed by atoms with Gasteiger partial charge in [-0.05, 0) is 24.1 Å². The van der Waals surface area contributed by atoms with Crippen LogP contribution in [0, 0.1) is 17.8 Å². The van der Waals surface area contributed by atoms with E-state index in [1.807, 2.05) is 32.1 Å². The molecule has 3 aliphatic rings. The van der Waals surface area contributed by atoms with Crippen molar-refractivity contribution < 1.29 is 19.1 Å². The van der Waals surface area contributed by atoms with Gasteiger partial charge in [0.25, 0.3) is 0 Å². The van der Waals surface area contributed by atoms with Gasteiger partial charge in [-0.15, -0.1) is 0 Å². The van der Waals surface area contributed by atoms with Gasteiger partial charge in [0.1, 0.15) is 11.5 Å². The van der Waals surface area contributed by atoms with Gasteiger partial charge in [0.2, 0.25) is 5.91 Å². The molecule has 1 aromatic carbocycles. The highest BCUT2D eigenvalue weighted by molar-refractivity contribution is 6.31. The summed E-state index contributed by atoms with van der Waals surface area (Å²) in [6.45, 7) is 4.69. The first-order valence-corrected chi connectivity index (χ1v) is 8.90. The average Bonchev–Trinajstić information content (AvgIpc) is 3.21. The van der Waals surface area contributed by atoms with Crippen molar-refractivity contribution in [2.75, 3.05) is 18.1 Å². The van der Waals surface area contributed by atoms with Crippen LogP contribution < -0.4 is 4.90 Å². The average molecular weight is 362 g/mol. The molecule has 5 nitrogen and oxygen atoms in total. The number of halogens is 1. The number of hydrogen-bond acceptors (Lipinski definition) is 4. The Balaban J connectivity index is 1.62. The number of esters is 1. The Kier molecular flexibility index (Phi) is 3.89. The van der Waals surface area contributed by atoms with Crippen LogP contribution in [0.3, 0.4) is 0 Å². The van der Waals surface area contributed by atoms with Crippen LogP contribution in [-0.2, 0) is 19.1 Å². The molecule has 1 amide bonds. The van der Waals surface area contributed by atoms with Crippen LogP contribution in [0.4, 0.5) is 5.69 Å². The summed E-state index contributed by atoms with van der Waals surface area (Å²) in [5.74, 6) is -1.34. The summed E-state index contributed by atoms with van der Waals surface area (Å²) in [6, 6.07) is 7.15. The van der Waals surface area contributed by atoms with Crippen LogP contribution in [0.15, 0.2) is 36.4 Å². The molecule has 0 saturated carbocycles. The van der Waals surface area contributed by atoms with Crippen LogP contribution in [0.2, 0.25) is 5.02 Å². The molecule has 0 N–H and O–H groups in total. The van der Waals surface area contributed by atoms with E-state index in [-0.39, 0.29) is 23.9 Å². The number of benzene rings is 1. The Morgan fingerprint density at radius 1 is 1.48 bits per heavy atom. The van der Waals surface area contributed by atoms with E-state index in [0.717, 1.165) is 5.69 Å². The molecule has 6 heteroatoms. The third-order valence-corrected chi connectivity index (χ3v) is 5.29. The molecule has 0 unspecified atom stereocenters. The second-order valence-corrected chi connectivity index (χ2v) is 7.76. The van der Waals surface area contributed by atoms with Gasteiger partial charge in [0.05, 0.1) is 25.2 Å². The maximum atomic E-state index is 13.1. The first kappa shape index (κ1) is 16.6. The molecular formula is C19H20ClNO4. The second kappa shape index (κ2) is 5.85. The van der Waals surface area contributed by atoms with Gasteiger partial charge in [0, 0.05) is 10.7 Å². The number of fused-ring (bicyclic) bond motifs is 1. The number of anilines is 1. The molecule has 2 bridgehead atoms. The normalized spacial score (nSPS) is 32.6. The highest BCUT2D eigenvalue weighted by Gasteiger charge is 2.67. The van der Waals surface area contributed by atoms with E-state index >= 15 is 0 Å². The number of amides is 1. The molecule has 4 rings (SSSR count). The minimum atomic E-state index is -0.744. The van der Waals surface area contributed by atoms with Crippen LogP contribution >= 0.6 is 11.6 Å². The van der Waals surface area contributed by atoms with Crippen molar-refractivity contribution in [3.05, 3.63) is 41.4 Å². The number of nitrogens with zero attached hydrogens (tertiary/aromatic N) is 1. The highest BCUT2D eigenvalue weighted by atomic mass is 35.5. The van der Waals surface area contributed by atoms with Crippen molar-refractivity contribution in [1.29, 1.82) is 0 Å². The number of carbonyl (C=O) groups excluding carboxylic acids is 2. The molecule has 132 valence electrons. The van der Waals surface area contributed by atoms with Gasteiger partial charge in [-0.3, -0.25) is 9.59 Å². The highest BCUT2D eigenvalue weighted by Crippen LogP contribution is 2.53. The fraction of sp³-hybridized carbons (Fsp3) is 0.474. The lowest BCUT2D eigenvalue weighted by atomic mass is 9.77. The lowest BCUT2D eigenvalue weighted by Crippen LogP contribution is -2.40. The van der Waals surface area contributed by atoms with Crippen molar-refractivity contribution in [3.8, 4) is 0 Å². The van der Waals surface area contributed by atoms with Crippen LogP contribution in [0.25, 0.3) is 0 Å². The summed E-state index contributed by atoms with van der Waals surface area (Å²) in [5, 5.41) is 0.563. The van der Waals surface area contributed by atoms with Crippen molar-refractivity contribution in [2.45, 2.75) is 25.6 Å². The second-order valence-electron chi connectivity index (χ2n) is 7.33. The fourth-order valence-electron chi connectivity index (χ4n) is 3.97. The molecule has 1 aromatic rings. The van der Waals surface area contributed by atoms with Crippen molar-refractivity contribution in [3.63, 3.8) is 0 Å². The van der Waals surface area contributed by atoms with E-state index in [1.54, 1.807) is 23.1 Å². The van der Waals surface area contributed by atoms with E-state index in [0.29, 0.717) is 18.2 Å². The first-order valence-electron chi connectivity index (χ1n) is 8.52. The molecule has 25 heavy (non-hydrogen) atoms. The van der Waals surface area contributed by atoms with E-state index in [1.165, 1.54) is 0 Å². The zero-order valence-electron chi connectivity index (χ0n) is 14.1. The van der Waals surface area contributed by atoms with Crippen molar-refractivity contribution in [2.24, 2.45) is 17.8 Å². The van der Waals surface area contributed by atoms with Gasteiger partial charge in [-0.25, -0.2) is 0 Å². The fourth-order valence-corrected chi connectivity index (χ4v) is 4.16. The van der Waals surface area contributed by atoms with Gasteiger partial charge in [0.15, 0.2) is 0 Å². The molecule has 2 fully saturated rings. The lowest BCUT2D eigenvalue weighted by Gasteiger charge is -2.23. The van der Waals surface area contributed by atoms with Gasteiger partial charge >= 0.3 is 5.97 Å². The SMILES string of the molecule is CC(C)COC(=O)[C@@H]1[C@@H]2C=C[C@]3(CN(c4cccc(Cl)c4)C(=O)[C@H]13)O2. The predicted molar refractivity (Wildman–Crippen MR) is 93.3 cm³/mol. The number of carbonyl (C=O) groups is 2. The number of rotatable bonds is 4. The van der Waals surface area contributed by atoms with Gasteiger partial charge in [-0.1, -0.05) is 43.7 Å². The Morgan fingerprint density at radius 2 is 2.28 bits per heavy atom. The molecule has 1 spiro atoms. The molecular weight excluding hydrogens is 342 g/mol. The van der Waals surface area contributed by atoms with E-state index in [9.17, 15) is 9.59 Å². The quantitative estimate of drug-likeness (QED) is 0.611. The molecule has 4 atom stereocenters. The summed E-state index contributed by atoms with van der Waals surface area (Å²) in [7, 11) is 0. The summed E-state index contributed by atoms with van der Waals surface area (Å²) < 4.78 is 11.5. The van der Waals surface area contributed by atoms with Crippen LogP contribution in [-0.4, -0.2) is 36.7 Å². The summed E-state index contributed by atoms with van der Waals surface area (Å²) in [6.07, 6.45) is 3.43. The van der Waals surface area contributed by atoms with E-state index in [2.05, 4.69) is 0 Å². The summed E-state index contributed by atoms with van der Waals surface area (Å²) in [4.78, 5) is 27.3. The zero-order chi connectivity index (χ0) is 17.8. The minimum absolute atomic E-state index is 0.111. The Hall–Kier alpha value is -1.85. The minimum Gasteiger partial charge on any atom is -0.465 e.